The molecule has 0 saturated heterocycles. The molecular formula is C10H13NO3. The molecule has 1 heterocycles. The minimum Gasteiger partial charge on any atom is -0.478 e. The van der Waals surface area contributed by atoms with Crippen LogP contribution in [0.1, 0.15) is 19.4 Å². The van der Waals surface area contributed by atoms with E-state index >= 15 is 0 Å². The summed E-state index contributed by atoms with van der Waals surface area (Å²) >= 11 is 0. The van der Waals surface area contributed by atoms with E-state index in [-0.39, 0.29) is 0 Å². The largest absolute Gasteiger partial charge is 0.478 e. The van der Waals surface area contributed by atoms with Gasteiger partial charge in [0.2, 0.25) is 11.5 Å². The van der Waals surface area contributed by atoms with Gasteiger partial charge in [-0.3, -0.25) is 0 Å². The molecule has 0 saturated carbocycles. The number of hydrogen-bond donors (Lipinski definition) is 1. The van der Waals surface area contributed by atoms with E-state index in [1.807, 2.05) is 13.0 Å². The van der Waals surface area contributed by atoms with Crippen LogP contribution in [0.4, 0.5) is 0 Å². The maximum atomic E-state index is 10.8. The Balaban J connectivity index is 2.83. The van der Waals surface area contributed by atoms with Crippen LogP contribution in [0.25, 0.3) is 0 Å². The molecule has 76 valence electrons. The van der Waals surface area contributed by atoms with Gasteiger partial charge in [-0.15, -0.1) is 0 Å². The summed E-state index contributed by atoms with van der Waals surface area (Å²) in [6.07, 6.45) is 1.59. The Morgan fingerprint density at radius 1 is 1.57 bits per heavy atom. The van der Waals surface area contributed by atoms with E-state index in [9.17, 15) is 4.79 Å². The summed E-state index contributed by atoms with van der Waals surface area (Å²) in [6, 6.07) is 3.52. The van der Waals surface area contributed by atoms with Gasteiger partial charge in [-0.2, -0.15) is 0 Å². The average Bonchev–Trinajstić information content (AvgIpc) is 2.02. The van der Waals surface area contributed by atoms with E-state index in [4.69, 9.17) is 9.84 Å². The number of aromatic nitrogens is 1. The van der Waals surface area contributed by atoms with Crippen LogP contribution in [0.15, 0.2) is 18.3 Å². The lowest BCUT2D eigenvalue weighted by Gasteiger charge is -2.20. The number of nitrogens with zero attached hydrogens (tertiary/aromatic N) is 1. The summed E-state index contributed by atoms with van der Waals surface area (Å²) in [6.45, 7) is 4.86. The molecule has 1 aromatic heterocycles. The van der Waals surface area contributed by atoms with E-state index in [1.54, 1.807) is 12.3 Å². The maximum absolute atomic E-state index is 10.8. The summed E-state index contributed by atoms with van der Waals surface area (Å²) < 4.78 is 5.23. The predicted octanol–water partition coefficient (Wildman–Crippen LogP) is 1.63. The van der Waals surface area contributed by atoms with Gasteiger partial charge in [0.25, 0.3) is 0 Å². The Kier molecular flexibility index (Phi) is 2.74. The molecule has 0 aromatic carbocycles. The molecule has 0 aliphatic rings. The third-order valence-corrected chi connectivity index (χ3v) is 1.77. The molecule has 4 heteroatoms. The molecule has 0 bridgehead atoms. The second kappa shape index (κ2) is 3.65. The fourth-order valence-electron chi connectivity index (χ4n) is 0.869. The molecule has 0 fully saturated rings. The first-order chi connectivity index (χ1) is 6.42. The van der Waals surface area contributed by atoms with Crippen molar-refractivity contribution >= 4 is 5.97 Å². The average molecular weight is 195 g/mol. The molecule has 1 rings (SSSR count). The van der Waals surface area contributed by atoms with Crippen LogP contribution in [-0.4, -0.2) is 21.7 Å². The van der Waals surface area contributed by atoms with Gasteiger partial charge in [0.05, 0.1) is 0 Å². The molecule has 1 aromatic rings. The third kappa shape index (κ3) is 2.45. The van der Waals surface area contributed by atoms with Crippen molar-refractivity contribution in [2.24, 2.45) is 0 Å². The van der Waals surface area contributed by atoms with Gasteiger partial charge in [-0.25, -0.2) is 9.78 Å². The highest BCUT2D eigenvalue weighted by atomic mass is 16.5. The number of carbonyl (C=O) groups is 1. The first kappa shape index (κ1) is 10.5. The van der Waals surface area contributed by atoms with Crippen molar-refractivity contribution in [3.8, 4) is 5.88 Å². The second-order valence-electron chi connectivity index (χ2n) is 3.59. The van der Waals surface area contributed by atoms with Crippen LogP contribution < -0.4 is 4.74 Å². The highest BCUT2D eigenvalue weighted by molar-refractivity contribution is 5.76. The Bertz CT molecular complexity index is 347. The zero-order valence-electron chi connectivity index (χ0n) is 8.44. The standard InChI is InChI=1S/C10H13NO3/c1-7-4-5-11-8(6-7)14-10(2,3)9(12)13/h4-6H,1-3H3,(H,12,13). The van der Waals surface area contributed by atoms with Gasteiger partial charge in [-0.1, -0.05) is 0 Å². The fraction of sp³-hybridized carbons (Fsp3) is 0.400. The number of aryl methyl sites for hydroxylation is 1. The van der Waals surface area contributed by atoms with Gasteiger partial charge in [-0.05, 0) is 32.4 Å². The predicted molar refractivity (Wildman–Crippen MR) is 51.3 cm³/mol. The molecule has 0 spiro atoms. The van der Waals surface area contributed by atoms with Crippen molar-refractivity contribution in [1.82, 2.24) is 4.98 Å². The number of rotatable bonds is 3. The topological polar surface area (TPSA) is 59.4 Å². The highest BCUT2D eigenvalue weighted by Gasteiger charge is 2.29. The van der Waals surface area contributed by atoms with Crippen molar-refractivity contribution in [3.05, 3.63) is 23.9 Å². The van der Waals surface area contributed by atoms with Gasteiger partial charge >= 0.3 is 5.97 Å². The maximum Gasteiger partial charge on any atom is 0.347 e. The molecule has 0 amide bonds. The Labute approximate surface area is 82.5 Å². The SMILES string of the molecule is Cc1ccnc(OC(C)(C)C(=O)O)c1. The molecule has 14 heavy (non-hydrogen) atoms. The third-order valence-electron chi connectivity index (χ3n) is 1.77. The van der Waals surface area contributed by atoms with Gasteiger partial charge in [0.1, 0.15) is 0 Å². The van der Waals surface area contributed by atoms with E-state index in [1.165, 1.54) is 13.8 Å². The van der Waals surface area contributed by atoms with Gasteiger partial charge < -0.3 is 9.84 Å². The molecule has 0 atom stereocenters. The molecule has 0 aliphatic carbocycles. The zero-order chi connectivity index (χ0) is 10.8. The number of carboxylic acid groups (broad SMARTS) is 1. The number of pyridine rings is 1. The zero-order valence-corrected chi connectivity index (χ0v) is 8.44. The minimum atomic E-state index is -1.25. The van der Waals surface area contributed by atoms with Crippen LogP contribution >= 0.6 is 0 Å². The number of ether oxygens (including phenoxy) is 1. The minimum absolute atomic E-state index is 0.331. The van der Waals surface area contributed by atoms with E-state index < -0.39 is 11.6 Å². The van der Waals surface area contributed by atoms with Crippen LogP contribution in [0, 0.1) is 6.92 Å². The Hall–Kier alpha value is -1.58. The smallest absolute Gasteiger partial charge is 0.347 e. The first-order valence-corrected chi connectivity index (χ1v) is 4.27. The lowest BCUT2D eigenvalue weighted by atomic mass is 10.1. The highest BCUT2D eigenvalue weighted by Crippen LogP contribution is 2.16. The molecule has 1 N–H and O–H groups in total. The Morgan fingerprint density at radius 3 is 2.71 bits per heavy atom. The first-order valence-electron chi connectivity index (χ1n) is 4.27. The van der Waals surface area contributed by atoms with Crippen molar-refractivity contribution in [1.29, 1.82) is 0 Å². The monoisotopic (exact) mass is 195 g/mol. The van der Waals surface area contributed by atoms with Crippen molar-refractivity contribution in [2.45, 2.75) is 26.4 Å². The fourth-order valence-corrected chi connectivity index (χ4v) is 0.869. The van der Waals surface area contributed by atoms with E-state index in [0.29, 0.717) is 5.88 Å². The van der Waals surface area contributed by atoms with Crippen LogP contribution in [0.5, 0.6) is 5.88 Å². The second-order valence-corrected chi connectivity index (χ2v) is 3.59. The lowest BCUT2D eigenvalue weighted by Crippen LogP contribution is -2.38. The summed E-state index contributed by atoms with van der Waals surface area (Å²) in [5, 5.41) is 8.82. The summed E-state index contributed by atoms with van der Waals surface area (Å²) in [4.78, 5) is 14.7. The molecule has 0 radical (unpaired) electrons. The van der Waals surface area contributed by atoms with Crippen LogP contribution in [0.2, 0.25) is 0 Å². The summed E-state index contributed by atoms with van der Waals surface area (Å²) in [5.41, 5.74) is -0.267. The Morgan fingerprint density at radius 2 is 2.21 bits per heavy atom. The van der Waals surface area contributed by atoms with Crippen molar-refractivity contribution in [3.63, 3.8) is 0 Å². The van der Waals surface area contributed by atoms with Crippen molar-refractivity contribution in [2.75, 3.05) is 0 Å². The van der Waals surface area contributed by atoms with Crippen LogP contribution in [0.3, 0.4) is 0 Å². The van der Waals surface area contributed by atoms with Gasteiger partial charge in [0.15, 0.2) is 0 Å². The molecule has 0 unspecified atom stereocenters. The lowest BCUT2D eigenvalue weighted by molar-refractivity contribution is -0.152. The van der Waals surface area contributed by atoms with Crippen molar-refractivity contribution < 1.29 is 14.6 Å². The van der Waals surface area contributed by atoms with Gasteiger partial charge in [0, 0.05) is 12.3 Å². The number of carboxylic acids is 1. The van der Waals surface area contributed by atoms with E-state index in [2.05, 4.69) is 4.98 Å². The molecular weight excluding hydrogens is 182 g/mol. The van der Waals surface area contributed by atoms with E-state index in [0.717, 1.165) is 5.56 Å². The number of hydrogen-bond acceptors (Lipinski definition) is 3. The normalized spacial score (nSPS) is 11.1. The summed E-state index contributed by atoms with van der Waals surface area (Å²) in [5.74, 6) is -0.682. The van der Waals surface area contributed by atoms with Crippen LogP contribution in [-0.2, 0) is 4.79 Å². The molecule has 4 nitrogen and oxygen atoms in total. The quantitative estimate of drug-likeness (QED) is 0.796. The molecule has 0 aliphatic heterocycles. The summed E-state index contributed by atoms with van der Waals surface area (Å²) in [7, 11) is 0. The number of aliphatic carboxylic acids is 1.